The van der Waals surface area contributed by atoms with E-state index in [-0.39, 0.29) is 0 Å². The Hall–Kier alpha value is -1.15. The minimum Gasteiger partial charge on any atom is -0.306 e. The summed E-state index contributed by atoms with van der Waals surface area (Å²) in [5, 5.41) is 3.35. The molecule has 0 amide bonds. The summed E-state index contributed by atoms with van der Waals surface area (Å²) in [6, 6.07) is 2.68. The van der Waals surface area contributed by atoms with Crippen LogP contribution in [0, 0.1) is 0 Å². The van der Waals surface area contributed by atoms with Crippen LogP contribution >= 0.6 is 0 Å². The number of hydrogen-bond donors (Lipinski definition) is 1. The van der Waals surface area contributed by atoms with Crippen molar-refractivity contribution in [1.82, 2.24) is 10.3 Å². The number of nitrogens with zero attached hydrogens (tertiary/aromatic N) is 1. The highest BCUT2D eigenvalue weighted by Crippen LogP contribution is 2.17. The zero-order chi connectivity index (χ0) is 9.10. The highest BCUT2D eigenvalue weighted by molar-refractivity contribution is 5.16. The third-order valence-electron chi connectivity index (χ3n) is 2.05. The first-order chi connectivity index (χ1) is 6.36. The molecule has 0 radical (unpaired) electrons. The molecule has 1 aliphatic rings. The lowest BCUT2D eigenvalue weighted by atomic mass is 10.0. The van der Waals surface area contributed by atoms with E-state index >= 15 is 0 Å². The zero-order valence-electron chi connectivity index (χ0n) is 7.83. The normalized spacial score (nSPS) is 23.7. The van der Waals surface area contributed by atoms with E-state index in [9.17, 15) is 0 Å². The van der Waals surface area contributed by atoms with Gasteiger partial charge < -0.3 is 5.32 Å². The second kappa shape index (κ2) is 3.50. The lowest BCUT2D eigenvalue weighted by Crippen LogP contribution is -2.23. The largest absolute Gasteiger partial charge is 0.306 e. The third-order valence-corrected chi connectivity index (χ3v) is 2.05. The second-order valence-electron chi connectivity index (χ2n) is 2.89. The smallest absolute Gasteiger partial charge is 0.0639 e. The topological polar surface area (TPSA) is 24.9 Å². The monoisotopic (exact) mass is 162 g/mol. The Labute approximate surface area is 73.7 Å². The summed E-state index contributed by atoms with van der Waals surface area (Å²) in [4.78, 5) is 4.01. The van der Waals surface area contributed by atoms with Crippen LogP contribution in [0.4, 0.5) is 0 Å². The predicted molar refractivity (Wildman–Crippen MR) is 48.7 cm³/mol. The molecule has 1 aromatic heterocycles. The first-order valence-corrected chi connectivity index (χ1v) is 4.16. The van der Waals surface area contributed by atoms with Crippen LogP contribution in [0.25, 0.3) is 0 Å². The molecule has 1 N–H and O–H groups in total. The first kappa shape index (κ1) is 6.38. The van der Waals surface area contributed by atoms with E-state index in [2.05, 4.69) is 22.5 Å². The van der Waals surface area contributed by atoms with Gasteiger partial charge >= 0.3 is 0 Å². The molecule has 2 heteroatoms. The summed E-state index contributed by atoms with van der Waals surface area (Å²) < 4.78 is 7.45. The van der Waals surface area contributed by atoms with E-state index in [4.69, 9.17) is 1.37 Å². The maximum Gasteiger partial charge on any atom is 0.0639 e. The summed E-state index contributed by atoms with van der Waals surface area (Å²) >= 11 is 0. The van der Waals surface area contributed by atoms with Gasteiger partial charge in [0, 0.05) is 25.0 Å². The van der Waals surface area contributed by atoms with E-state index in [0.29, 0.717) is 12.1 Å². The van der Waals surface area contributed by atoms with Gasteiger partial charge in [-0.3, -0.25) is 4.98 Å². The quantitative estimate of drug-likeness (QED) is 0.635. The molecule has 1 atom stereocenters. The van der Waals surface area contributed by atoms with Crippen molar-refractivity contribution in [2.24, 2.45) is 0 Å². The average Bonchev–Trinajstić information content (AvgIpc) is 2.19. The van der Waals surface area contributed by atoms with Gasteiger partial charge in [-0.1, -0.05) is 18.2 Å². The Bertz CT molecular complexity index is 322. The van der Waals surface area contributed by atoms with Crippen LogP contribution in [0.3, 0.4) is 0 Å². The summed E-state index contributed by atoms with van der Waals surface area (Å²) in [5.74, 6) is 0. The summed E-state index contributed by atoms with van der Waals surface area (Å²) in [5.41, 5.74) is 1.11. The second-order valence-corrected chi connectivity index (χ2v) is 2.89. The summed E-state index contributed by atoms with van der Waals surface area (Å²) in [6.45, 7) is 0.910. The molecule has 1 aliphatic heterocycles. The number of hydrogen-bond acceptors (Lipinski definition) is 2. The molecule has 1 aromatic rings. The van der Waals surface area contributed by atoms with Crippen molar-refractivity contribution in [1.29, 1.82) is 0 Å². The SMILES string of the molecule is [3H]c1cncc(C2CC=CCN2)c1. The maximum atomic E-state index is 7.45. The zero-order valence-corrected chi connectivity index (χ0v) is 6.83. The fraction of sp³-hybridized carbons (Fsp3) is 0.300. The first-order valence-electron chi connectivity index (χ1n) is 4.66. The Morgan fingerprint density at radius 1 is 1.58 bits per heavy atom. The van der Waals surface area contributed by atoms with Crippen molar-refractivity contribution in [3.8, 4) is 0 Å². The van der Waals surface area contributed by atoms with Gasteiger partial charge in [0.05, 0.1) is 1.37 Å². The summed E-state index contributed by atoms with van der Waals surface area (Å²) in [6.07, 6.45) is 8.66. The molecule has 2 rings (SSSR count). The highest BCUT2D eigenvalue weighted by Gasteiger charge is 2.10. The maximum absolute atomic E-state index is 7.45. The fourth-order valence-corrected chi connectivity index (χ4v) is 1.39. The molecule has 1 unspecified atom stereocenters. The van der Waals surface area contributed by atoms with Gasteiger partial charge in [0.25, 0.3) is 0 Å². The van der Waals surface area contributed by atoms with Crippen LogP contribution < -0.4 is 5.32 Å². The lowest BCUT2D eigenvalue weighted by molar-refractivity contribution is 0.553. The molecule has 0 spiro atoms. The Morgan fingerprint density at radius 3 is 3.33 bits per heavy atom. The average molecular weight is 162 g/mol. The third kappa shape index (κ3) is 1.53. The van der Waals surface area contributed by atoms with Gasteiger partial charge in [-0.15, -0.1) is 0 Å². The van der Waals surface area contributed by atoms with Crippen molar-refractivity contribution in [3.63, 3.8) is 0 Å². The highest BCUT2D eigenvalue weighted by atomic mass is 14.9. The number of aromatic nitrogens is 1. The molecular formula is C10H12N2. The molecule has 0 saturated carbocycles. The van der Waals surface area contributed by atoms with Crippen LogP contribution in [-0.4, -0.2) is 11.5 Å². The van der Waals surface area contributed by atoms with Crippen molar-refractivity contribution in [3.05, 3.63) is 42.2 Å². The Balaban J connectivity index is 2.20. The van der Waals surface area contributed by atoms with Crippen LogP contribution in [-0.2, 0) is 0 Å². The van der Waals surface area contributed by atoms with E-state index in [1.807, 2.05) is 12.3 Å². The Kier molecular flexibility index (Phi) is 1.86. The van der Waals surface area contributed by atoms with E-state index in [0.717, 1.165) is 18.5 Å². The van der Waals surface area contributed by atoms with Gasteiger partial charge in [0.15, 0.2) is 0 Å². The molecule has 2 heterocycles. The van der Waals surface area contributed by atoms with Crippen LogP contribution in [0.5, 0.6) is 0 Å². The number of nitrogens with one attached hydrogen (secondary N) is 1. The molecule has 2 nitrogen and oxygen atoms in total. The molecule has 0 fully saturated rings. The van der Waals surface area contributed by atoms with Crippen LogP contribution in [0.1, 0.15) is 19.4 Å². The van der Waals surface area contributed by atoms with Crippen molar-refractivity contribution in [2.75, 3.05) is 6.54 Å². The lowest BCUT2D eigenvalue weighted by Gasteiger charge is -2.19. The molecule has 62 valence electrons. The van der Waals surface area contributed by atoms with Crippen molar-refractivity contribution < 1.29 is 1.37 Å². The Morgan fingerprint density at radius 2 is 2.58 bits per heavy atom. The van der Waals surface area contributed by atoms with Gasteiger partial charge in [0.1, 0.15) is 0 Å². The minimum atomic E-state index is 0.336. The molecule has 0 bridgehead atoms. The van der Waals surface area contributed by atoms with Gasteiger partial charge in [-0.25, -0.2) is 0 Å². The van der Waals surface area contributed by atoms with E-state index < -0.39 is 0 Å². The fourth-order valence-electron chi connectivity index (χ4n) is 1.39. The van der Waals surface area contributed by atoms with Crippen LogP contribution in [0.15, 0.2) is 36.7 Å². The molecule has 0 saturated heterocycles. The van der Waals surface area contributed by atoms with E-state index in [1.165, 1.54) is 0 Å². The summed E-state index contributed by atoms with van der Waals surface area (Å²) in [7, 11) is 0. The van der Waals surface area contributed by atoms with Gasteiger partial charge in [0.2, 0.25) is 0 Å². The molecule has 12 heavy (non-hydrogen) atoms. The molecule has 0 aliphatic carbocycles. The van der Waals surface area contributed by atoms with Gasteiger partial charge in [-0.2, -0.15) is 0 Å². The standard InChI is InChI=1S/C10H12N2/c1-2-7-12-10(5-1)9-4-3-6-11-8-9/h1-4,6,8,10,12H,5,7H2/i3T. The minimum absolute atomic E-state index is 0.336. The van der Waals surface area contributed by atoms with Crippen LogP contribution in [0.2, 0.25) is 0 Å². The van der Waals surface area contributed by atoms with Gasteiger partial charge in [-0.05, 0) is 18.0 Å². The van der Waals surface area contributed by atoms with E-state index in [1.54, 1.807) is 6.20 Å². The van der Waals surface area contributed by atoms with Crippen molar-refractivity contribution in [2.45, 2.75) is 12.5 Å². The molecular weight excluding hydrogens is 148 g/mol. The number of pyridine rings is 1. The molecule has 0 aromatic carbocycles. The number of rotatable bonds is 1. The van der Waals surface area contributed by atoms with Crippen molar-refractivity contribution >= 4 is 0 Å². The predicted octanol–water partition coefficient (Wildman–Crippen LogP) is 1.67.